The van der Waals surface area contributed by atoms with Gasteiger partial charge in [0, 0.05) is 0 Å². The van der Waals surface area contributed by atoms with Crippen molar-refractivity contribution in [3.8, 4) is 11.1 Å². The van der Waals surface area contributed by atoms with Crippen LogP contribution in [0.1, 0.15) is 5.56 Å². The van der Waals surface area contributed by atoms with Gasteiger partial charge in [-0.2, -0.15) is 0 Å². The minimum atomic E-state index is 0.182. The van der Waals surface area contributed by atoms with Gasteiger partial charge in [0.15, 0.2) is 0 Å². The first-order valence-electron chi connectivity index (χ1n) is 9.28. The van der Waals surface area contributed by atoms with Gasteiger partial charge in [-0.3, -0.25) is 0 Å². The Morgan fingerprint density at radius 2 is 1.11 bits per heavy atom. The predicted octanol–water partition coefficient (Wildman–Crippen LogP) is 4.51. The Morgan fingerprint density at radius 1 is 0.593 bits per heavy atom. The monoisotopic (exact) mass is 344 g/mol. The molecule has 0 radical (unpaired) electrons. The van der Waals surface area contributed by atoms with Crippen molar-refractivity contribution < 1.29 is 0 Å². The van der Waals surface area contributed by atoms with Crippen LogP contribution in [0.3, 0.4) is 0 Å². The second-order valence-electron chi connectivity index (χ2n) is 6.67. The molecular weight excluding hydrogens is 323 g/mol. The van der Waals surface area contributed by atoms with Gasteiger partial charge in [0.2, 0.25) is 6.71 Å². The summed E-state index contributed by atoms with van der Waals surface area (Å²) >= 11 is 0. The first kappa shape index (κ1) is 17.1. The van der Waals surface area contributed by atoms with Crippen LogP contribution in [0.5, 0.6) is 0 Å². The number of hydrogen-bond donors (Lipinski definition) is 0. The summed E-state index contributed by atoms with van der Waals surface area (Å²) in [4.78, 5) is 0. The van der Waals surface area contributed by atoms with E-state index in [1.54, 1.807) is 0 Å². The molecule has 128 valence electrons. The van der Waals surface area contributed by atoms with Gasteiger partial charge in [0.1, 0.15) is 0 Å². The molecule has 0 bridgehead atoms. The van der Waals surface area contributed by atoms with Gasteiger partial charge in [-0.25, -0.2) is 0 Å². The van der Waals surface area contributed by atoms with Crippen LogP contribution in [-0.2, 0) is 0 Å². The largest absolute Gasteiger partial charge is 0.241 e. The molecule has 0 nitrogen and oxygen atoms in total. The van der Waals surface area contributed by atoms with E-state index in [9.17, 15) is 0 Å². The molecule has 0 heterocycles. The molecule has 1 heteroatoms. The Bertz CT molecular complexity index is 982. The van der Waals surface area contributed by atoms with E-state index in [2.05, 4.69) is 116 Å². The Morgan fingerprint density at radius 3 is 1.63 bits per heavy atom. The second kappa shape index (κ2) is 7.93. The fraction of sp³-hybridized carbons (Fsp3) is 0. The molecule has 0 saturated heterocycles. The van der Waals surface area contributed by atoms with Gasteiger partial charge in [-0.1, -0.05) is 132 Å². The van der Waals surface area contributed by atoms with Crippen molar-refractivity contribution in [3.05, 3.63) is 121 Å². The molecule has 0 amide bonds. The van der Waals surface area contributed by atoms with Gasteiger partial charge in [-0.05, 0) is 22.8 Å². The van der Waals surface area contributed by atoms with E-state index >= 15 is 0 Å². The Balaban J connectivity index is 1.97. The fourth-order valence-electron chi connectivity index (χ4n) is 3.66. The zero-order chi connectivity index (χ0) is 18.5. The lowest BCUT2D eigenvalue weighted by Crippen LogP contribution is -2.52. The highest BCUT2D eigenvalue weighted by molar-refractivity contribution is 6.96. The molecule has 0 N–H and O–H groups in total. The highest BCUT2D eigenvalue weighted by Gasteiger charge is 2.24. The van der Waals surface area contributed by atoms with E-state index in [0.29, 0.717) is 0 Å². The lowest BCUT2D eigenvalue weighted by atomic mass is 9.36. The van der Waals surface area contributed by atoms with E-state index in [1.807, 2.05) is 6.08 Å². The van der Waals surface area contributed by atoms with E-state index in [1.165, 1.54) is 27.5 Å². The quantitative estimate of drug-likeness (QED) is 0.467. The van der Waals surface area contributed by atoms with Crippen molar-refractivity contribution in [1.82, 2.24) is 0 Å². The zero-order valence-electron chi connectivity index (χ0n) is 15.3. The van der Waals surface area contributed by atoms with Crippen LogP contribution in [-0.4, -0.2) is 6.71 Å². The summed E-state index contributed by atoms with van der Waals surface area (Å²) in [5.74, 6) is 0. The average Bonchev–Trinajstić information content (AvgIpc) is 2.76. The van der Waals surface area contributed by atoms with E-state index in [-0.39, 0.29) is 6.71 Å². The third kappa shape index (κ3) is 3.63. The fourth-order valence-corrected chi connectivity index (χ4v) is 3.66. The summed E-state index contributed by atoms with van der Waals surface area (Å²) in [6.07, 6.45) is 1.91. The molecule has 0 saturated carbocycles. The molecule has 0 aliphatic carbocycles. The standard InChI is InChI=1S/C26H21B/c1-2-21-18-19-26(25(20-21)22-12-6-3-7-13-22)27(23-14-8-4-9-15-23)24-16-10-5-11-17-24/h2-20H,1H2. The molecule has 0 aliphatic heterocycles. The molecule has 4 aromatic rings. The van der Waals surface area contributed by atoms with E-state index in [4.69, 9.17) is 0 Å². The molecule has 0 aromatic heterocycles. The van der Waals surface area contributed by atoms with Crippen molar-refractivity contribution in [2.45, 2.75) is 0 Å². The summed E-state index contributed by atoms with van der Waals surface area (Å²) < 4.78 is 0. The first-order valence-corrected chi connectivity index (χ1v) is 9.28. The smallest absolute Gasteiger partial charge is 0.0985 e. The SMILES string of the molecule is C=Cc1ccc(B(c2ccccc2)c2ccccc2)c(-c2ccccc2)c1. The van der Waals surface area contributed by atoms with Crippen LogP contribution in [0.4, 0.5) is 0 Å². The molecular formula is C26H21B. The van der Waals surface area contributed by atoms with Crippen LogP contribution < -0.4 is 16.4 Å². The van der Waals surface area contributed by atoms with Crippen LogP contribution in [0, 0.1) is 0 Å². The molecule has 4 rings (SSSR count). The maximum absolute atomic E-state index is 3.96. The Labute approximate surface area is 161 Å². The molecule has 0 aliphatic rings. The molecule has 4 aromatic carbocycles. The van der Waals surface area contributed by atoms with Gasteiger partial charge in [0.05, 0.1) is 0 Å². The van der Waals surface area contributed by atoms with E-state index < -0.39 is 0 Å². The summed E-state index contributed by atoms with van der Waals surface area (Å²) in [5, 5.41) is 0. The minimum absolute atomic E-state index is 0.182. The molecule has 0 atom stereocenters. The van der Waals surface area contributed by atoms with Crippen molar-refractivity contribution in [2.75, 3.05) is 0 Å². The first-order chi connectivity index (χ1) is 13.4. The van der Waals surface area contributed by atoms with E-state index in [0.717, 1.165) is 5.56 Å². The Hall–Kier alpha value is -3.32. The third-order valence-corrected chi connectivity index (χ3v) is 4.97. The van der Waals surface area contributed by atoms with Crippen LogP contribution >= 0.6 is 0 Å². The lowest BCUT2D eigenvalue weighted by molar-refractivity contribution is 1.62. The topological polar surface area (TPSA) is 0 Å². The molecule has 0 spiro atoms. The maximum atomic E-state index is 3.96. The van der Waals surface area contributed by atoms with Crippen LogP contribution in [0.15, 0.2) is 116 Å². The average molecular weight is 344 g/mol. The number of benzene rings is 4. The number of hydrogen-bond acceptors (Lipinski definition) is 0. The van der Waals surface area contributed by atoms with Crippen molar-refractivity contribution in [3.63, 3.8) is 0 Å². The van der Waals surface area contributed by atoms with Crippen LogP contribution in [0.2, 0.25) is 0 Å². The highest BCUT2D eigenvalue weighted by Crippen LogP contribution is 2.20. The Kier molecular flexibility index (Phi) is 5.02. The number of rotatable bonds is 5. The molecule has 0 unspecified atom stereocenters. The molecule has 27 heavy (non-hydrogen) atoms. The van der Waals surface area contributed by atoms with Crippen molar-refractivity contribution in [2.24, 2.45) is 0 Å². The summed E-state index contributed by atoms with van der Waals surface area (Å²) in [7, 11) is 0. The second-order valence-corrected chi connectivity index (χ2v) is 6.67. The summed E-state index contributed by atoms with van der Waals surface area (Å²) in [6.45, 7) is 4.14. The van der Waals surface area contributed by atoms with Crippen molar-refractivity contribution >= 4 is 29.2 Å². The summed E-state index contributed by atoms with van der Waals surface area (Å²) in [6, 6.07) is 38.8. The lowest BCUT2D eigenvalue weighted by Gasteiger charge is -2.20. The summed E-state index contributed by atoms with van der Waals surface area (Å²) in [5.41, 5.74) is 7.53. The highest BCUT2D eigenvalue weighted by atomic mass is 14.1. The van der Waals surface area contributed by atoms with Gasteiger partial charge in [0.25, 0.3) is 0 Å². The van der Waals surface area contributed by atoms with Gasteiger partial charge < -0.3 is 0 Å². The molecule has 0 fully saturated rings. The maximum Gasteiger partial charge on any atom is 0.241 e. The van der Waals surface area contributed by atoms with Gasteiger partial charge in [-0.15, -0.1) is 0 Å². The third-order valence-electron chi connectivity index (χ3n) is 4.97. The minimum Gasteiger partial charge on any atom is -0.0985 e. The zero-order valence-corrected chi connectivity index (χ0v) is 15.3. The van der Waals surface area contributed by atoms with Crippen molar-refractivity contribution in [1.29, 1.82) is 0 Å². The predicted molar refractivity (Wildman–Crippen MR) is 120 cm³/mol. The van der Waals surface area contributed by atoms with Crippen LogP contribution in [0.25, 0.3) is 17.2 Å². The normalized spacial score (nSPS) is 10.4. The van der Waals surface area contributed by atoms with Gasteiger partial charge >= 0.3 is 0 Å².